The lowest BCUT2D eigenvalue weighted by molar-refractivity contribution is 0.0711. The van der Waals surface area contributed by atoms with Crippen molar-refractivity contribution in [2.75, 3.05) is 17.8 Å². The molecule has 1 aliphatic carbocycles. The van der Waals surface area contributed by atoms with Crippen molar-refractivity contribution in [3.8, 4) is 0 Å². The number of rotatable bonds is 6. The van der Waals surface area contributed by atoms with E-state index in [9.17, 15) is 13.2 Å². The van der Waals surface area contributed by atoms with Crippen LogP contribution in [-0.2, 0) is 10.0 Å². The number of aromatic amines is 1. The van der Waals surface area contributed by atoms with Crippen LogP contribution in [0, 0.1) is 6.92 Å². The molecule has 0 spiro atoms. The molecule has 0 bridgehead atoms. The molecule has 0 atom stereocenters. The molecular weight excluding hydrogens is 438 g/mol. The summed E-state index contributed by atoms with van der Waals surface area (Å²) in [5.74, 6) is 2.58. The Morgan fingerprint density at radius 2 is 1.70 bits per heavy atom. The summed E-state index contributed by atoms with van der Waals surface area (Å²) in [5, 5.41) is 7.43. The number of carbonyl (C=O) groups excluding carboxylic acids is 1. The predicted octanol–water partition coefficient (Wildman–Crippen LogP) is 3.81. The van der Waals surface area contributed by atoms with Crippen LogP contribution < -0.4 is 4.72 Å². The molecule has 8 nitrogen and oxygen atoms in total. The fourth-order valence-electron chi connectivity index (χ4n) is 4.20. The number of aromatic nitrogens is 3. The Bertz CT molecular complexity index is 1260. The van der Waals surface area contributed by atoms with E-state index in [1.165, 1.54) is 25.0 Å². The number of hydrogen-bond donors (Lipinski definition) is 2. The number of likely N-dealkylation sites (tertiary alicyclic amines) is 1. The Hall–Kier alpha value is -3.20. The lowest BCUT2D eigenvalue weighted by Crippen LogP contribution is -2.38. The minimum Gasteiger partial charge on any atom is -0.339 e. The van der Waals surface area contributed by atoms with Crippen molar-refractivity contribution >= 4 is 21.6 Å². The van der Waals surface area contributed by atoms with E-state index in [1.54, 1.807) is 24.3 Å². The maximum Gasteiger partial charge on any atom is 0.261 e. The first kappa shape index (κ1) is 21.6. The highest BCUT2D eigenvalue weighted by atomic mass is 32.2. The van der Waals surface area contributed by atoms with Crippen LogP contribution in [0.3, 0.4) is 0 Å². The van der Waals surface area contributed by atoms with E-state index in [-0.39, 0.29) is 16.7 Å². The van der Waals surface area contributed by atoms with Gasteiger partial charge in [0.15, 0.2) is 5.82 Å². The van der Waals surface area contributed by atoms with Crippen molar-refractivity contribution in [3.05, 3.63) is 71.3 Å². The number of aryl methyl sites for hydroxylation is 1. The summed E-state index contributed by atoms with van der Waals surface area (Å²) in [6.07, 6.45) is 4.01. The average molecular weight is 466 g/mol. The van der Waals surface area contributed by atoms with Crippen molar-refractivity contribution in [1.29, 1.82) is 0 Å². The molecule has 1 amide bonds. The van der Waals surface area contributed by atoms with Gasteiger partial charge in [0.05, 0.1) is 10.6 Å². The monoisotopic (exact) mass is 465 g/mol. The molecule has 5 rings (SSSR count). The highest BCUT2D eigenvalue weighted by Gasteiger charge is 2.31. The van der Waals surface area contributed by atoms with E-state index in [1.807, 2.05) is 24.0 Å². The lowest BCUT2D eigenvalue weighted by atomic mass is 9.95. The number of anilines is 1. The zero-order valence-electron chi connectivity index (χ0n) is 18.5. The van der Waals surface area contributed by atoms with E-state index in [2.05, 4.69) is 19.9 Å². The molecule has 0 radical (unpaired) electrons. The second-order valence-electron chi connectivity index (χ2n) is 8.86. The molecule has 172 valence electrons. The van der Waals surface area contributed by atoms with E-state index in [0.717, 1.165) is 30.1 Å². The maximum absolute atomic E-state index is 13.0. The summed E-state index contributed by atoms with van der Waals surface area (Å²) in [6.45, 7) is 3.12. The summed E-state index contributed by atoms with van der Waals surface area (Å²) in [7, 11) is -3.73. The highest BCUT2D eigenvalue weighted by Crippen LogP contribution is 2.38. The first-order valence-electron chi connectivity index (χ1n) is 11.3. The third kappa shape index (κ3) is 4.64. The highest BCUT2D eigenvalue weighted by molar-refractivity contribution is 7.92. The quantitative estimate of drug-likeness (QED) is 0.576. The fraction of sp³-hybridized carbons (Fsp3) is 0.375. The Labute approximate surface area is 193 Å². The van der Waals surface area contributed by atoms with Gasteiger partial charge < -0.3 is 4.90 Å². The molecule has 2 aliphatic rings. The third-order valence-electron chi connectivity index (χ3n) is 6.43. The van der Waals surface area contributed by atoms with E-state index >= 15 is 0 Å². The molecule has 1 aromatic heterocycles. The molecule has 0 unspecified atom stereocenters. The van der Waals surface area contributed by atoms with Crippen LogP contribution in [-0.4, -0.2) is 47.5 Å². The van der Waals surface area contributed by atoms with E-state index < -0.39 is 10.0 Å². The molecular formula is C24H27N5O3S. The Kier molecular flexibility index (Phi) is 5.65. The van der Waals surface area contributed by atoms with Gasteiger partial charge in [0.2, 0.25) is 0 Å². The summed E-state index contributed by atoms with van der Waals surface area (Å²) in [6, 6.07) is 13.3. The molecule has 33 heavy (non-hydrogen) atoms. The summed E-state index contributed by atoms with van der Waals surface area (Å²) < 4.78 is 28.1. The van der Waals surface area contributed by atoms with Gasteiger partial charge in [-0.2, -0.15) is 5.10 Å². The van der Waals surface area contributed by atoms with Gasteiger partial charge in [0.1, 0.15) is 5.82 Å². The second kappa shape index (κ2) is 8.62. The van der Waals surface area contributed by atoms with Gasteiger partial charge in [-0.05, 0) is 68.5 Å². The average Bonchev–Trinajstić information content (AvgIpc) is 3.57. The van der Waals surface area contributed by atoms with Gasteiger partial charge in [-0.3, -0.25) is 14.6 Å². The molecule has 1 saturated carbocycles. The zero-order valence-corrected chi connectivity index (χ0v) is 19.3. The Morgan fingerprint density at radius 1 is 1.00 bits per heavy atom. The Morgan fingerprint density at radius 3 is 2.36 bits per heavy atom. The van der Waals surface area contributed by atoms with E-state index in [4.69, 9.17) is 0 Å². The van der Waals surface area contributed by atoms with Gasteiger partial charge in [-0.1, -0.05) is 18.2 Å². The molecule has 2 heterocycles. The number of piperidine rings is 1. The Balaban J connectivity index is 1.21. The smallest absolute Gasteiger partial charge is 0.261 e. The maximum atomic E-state index is 13.0. The number of nitrogens with one attached hydrogen (secondary N) is 2. The number of hydrogen-bond acceptors (Lipinski definition) is 5. The van der Waals surface area contributed by atoms with Crippen molar-refractivity contribution in [1.82, 2.24) is 20.1 Å². The first-order chi connectivity index (χ1) is 15.9. The van der Waals surface area contributed by atoms with Crippen molar-refractivity contribution in [3.63, 3.8) is 0 Å². The molecule has 2 aromatic carbocycles. The normalized spacial score (nSPS) is 17.2. The lowest BCUT2D eigenvalue weighted by Gasteiger charge is -2.31. The summed E-state index contributed by atoms with van der Waals surface area (Å²) in [5.41, 5.74) is 1.86. The van der Waals surface area contributed by atoms with Crippen LogP contribution in [0.25, 0.3) is 0 Å². The number of sulfonamides is 1. The molecule has 3 aromatic rings. The molecule has 1 saturated heterocycles. The summed E-state index contributed by atoms with van der Waals surface area (Å²) in [4.78, 5) is 19.6. The first-order valence-corrected chi connectivity index (χ1v) is 12.8. The zero-order chi connectivity index (χ0) is 23.0. The van der Waals surface area contributed by atoms with Gasteiger partial charge in [-0.25, -0.2) is 13.4 Å². The largest absolute Gasteiger partial charge is 0.339 e. The van der Waals surface area contributed by atoms with Crippen molar-refractivity contribution in [2.24, 2.45) is 0 Å². The molecule has 1 aliphatic heterocycles. The number of carbonyl (C=O) groups is 1. The summed E-state index contributed by atoms with van der Waals surface area (Å²) >= 11 is 0. The van der Waals surface area contributed by atoms with Crippen LogP contribution >= 0.6 is 0 Å². The van der Waals surface area contributed by atoms with Gasteiger partial charge >= 0.3 is 0 Å². The van der Waals surface area contributed by atoms with Crippen LogP contribution in [0.2, 0.25) is 0 Å². The predicted molar refractivity (Wildman–Crippen MR) is 125 cm³/mol. The van der Waals surface area contributed by atoms with Gasteiger partial charge in [0.25, 0.3) is 15.9 Å². The van der Waals surface area contributed by atoms with Crippen LogP contribution in [0.5, 0.6) is 0 Å². The third-order valence-corrected chi connectivity index (χ3v) is 7.81. The van der Waals surface area contributed by atoms with Crippen LogP contribution in [0.1, 0.15) is 65.1 Å². The number of benzene rings is 2. The van der Waals surface area contributed by atoms with Crippen LogP contribution in [0.4, 0.5) is 5.69 Å². The van der Waals surface area contributed by atoms with Gasteiger partial charge in [-0.15, -0.1) is 0 Å². The minimum atomic E-state index is -3.73. The van der Waals surface area contributed by atoms with Crippen molar-refractivity contribution < 1.29 is 13.2 Å². The molecule has 2 fully saturated rings. The van der Waals surface area contributed by atoms with Gasteiger partial charge in [0, 0.05) is 30.5 Å². The standard InChI is InChI=1S/C24H27N5O3S/c1-16-4-2-3-5-21(16)28-33(31,32)20-10-8-19(9-11-20)24(30)29-14-12-18(13-15-29)23-25-22(26-27-23)17-6-7-17/h2-5,8-11,17-18,28H,6-7,12-15H2,1H3,(H,25,26,27). The van der Waals surface area contributed by atoms with E-state index in [0.29, 0.717) is 30.3 Å². The number of amides is 1. The minimum absolute atomic E-state index is 0.0829. The fourth-order valence-corrected chi connectivity index (χ4v) is 5.33. The second-order valence-corrected chi connectivity index (χ2v) is 10.5. The topological polar surface area (TPSA) is 108 Å². The SMILES string of the molecule is Cc1ccccc1NS(=O)(=O)c1ccc(C(=O)N2CCC(c3nc(C4CC4)n[nH]3)CC2)cc1. The van der Waals surface area contributed by atoms with Crippen LogP contribution in [0.15, 0.2) is 53.4 Å². The molecule has 9 heteroatoms. The van der Waals surface area contributed by atoms with Crippen molar-refractivity contribution in [2.45, 2.75) is 49.3 Å². The number of para-hydroxylation sites is 1. The number of nitrogens with zero attached hydrogens (tertiary/aromatic N) is 3. The number of H-pyrrole nitrogens is 1. The molecule has 2 N–H and O–H groups in total.